The predicted molar refractivity (Wildman–Crippen MR) is 150 cm³/mol. The fourth-order valence-electron chi connectivity index (χ4n) is 7.04. The topological polar surface area (TPSA) is 90.7 Å². The first-order valence-electron chi connectivity index (χ1n) is 14.3. The lowest BCUT2D eigenvalue weighted by molar-refractivity contribution is -0.137. The van der Waals surface area contributed by atoms with E-state index in [0.717, 1.165) is 37.3 Å². The number of amides is 2. The maximum atomic E-state index is 14.0. The number of urea groups is 1. The largest absolute Gasteiger partial charge is 0.387 e. The van der Waals surface area contributed by atoms with Crippen molar-refractivity contribution in [2.45, 2.75) is 50.3 Å². The zero-order valence-electron chi connectivity index (χ0n) is 22.9. The smallest absolute Gasteiger partial charge is 0.320 e. The van der Waals surface area contributed by atoms with Crippen LogP contribution in [0.25, 0.3) is 11.3 Å². The highest BCUT2D eigenvalue weighted by molar-refractivity contribution is 5.75. The van der Waals surface area contributed by atoms with E-state index in [0.29, 0.717) is 50.4 Å². The molecule has 1 spiro atoms. The minimum absolute atomic E-state index is 0.106. The normalized spacial score (nSPS) is 24.1. The van der Waals surface area contributed by atoms with Crippen molar-refractivity contribution in [2.75, 3.05) is 32.7 Å². The maximum absolute atomic E-state index is 14.0. The molecule has 0 bridgehead atoms. The Kier molecular flexibility index (Phi) is 7.37. The molecule has 2 atom stereocenters. The fourth-order valence-corrected chi connectivity index (χ4v) is 7.04. The molecule has 3 heterocycles. The van der Waals surface area contributed by atoms with Gasteiger partial charge in [-0.15, -0.1) is 0 Å². The van der Waals surface area contributed by atoms with Crippen LogP contribution in [-0.2, 0) is 6.54 Å². The molecule has 216 valence electrons. The van der Waals surface area contributed by atoms with Crippen LogP contribution < -0.4 is 10.9 Å². The zero-order chi connectivity index (χ0) is 28.6. The van der Waals surface area contributed by atoms with E-state index in [-0.39, 0.29) is 18.1 Å². The van der Waals surface area contributed by atoms with E-state index in [1.54, 1.807) is 9.80 Å². The molecule has 2 aromatic carbocycles. The van der Waals surface area contributed by atoms with Crippen LogP contribution in [0.2, 0.25) is 0 Å². The second kappa shape index (κ2) is 11.0. The number of piperazine rings is 1. The number of carbonyl (C=O) groups is 1. The molecule has 10 heteroatoms. The Balaban J connectivity index is 1.23. The molecule has 1 unspecified atom stereocenters. The number of hydrogen-bond donors (Lipinski definition) is 2. The Morgan fingerprint density at radius 3 is 2.46 bits per heavy atom. The number of piperidine rings is 1. The van der Waals surface area contributed by atoms with E-state index in [1.807, 2.05) is 30.3 Å². The van der Waals surface area contributed by atoms with Gasteiger partial charge in [0.25, 0.3) is 5.56 Å². The van der Waals surface area contributed by atoms with Crippen LogP contribution in [0.5, 0.6) is 0 Å². The number of benzene rings is 2. The summed E-state index contributed by atoms with van der Waals surface area (Å²) in [4.78, 5) is 35.0. The Morgan fingerprint density at radius 1 is 1.02 bits per heavy atom. The van der Waals surface area contributed by atoms with E-state index in [4.69, 9.17) is 0 Å². The van der Waals surface area contributed by atoms with Crippen LogP contribution in [0.3, 0.4) is 0 Å². The molecular weight excluding hydrogens is 528 g/mol. The van der Waals surface area contributed by atoms with Gasteiger partial charge >= 0.3 is 6.03 Å². The van der Waals surface area contributed by atoms with Gasteiger partial charge < -0.3 is 20.2 Å². The second-order valence-corrected chi connectivity index (χ2v) is 11.7. The number of rotatable bonds is 4. The standard InChI is InChI=1S/C31H35F2N5O3/c32-24-14-23(15-25(33)16-24)27-18-34-11-13-38(27)29(40)36-12-10-31(41,30(19-36)8-4-5-9-30)20-37-21-35-26(17-28(37)39)22-6-2-1-3-7-22/h1-3,6-7,14-17,21,27,34,41H,4-5,8-13,18-20H2/t27?,31-/m1/s1. The maximum Gasteiger partial charge on any atom is 0.320 e. The van der Waals surface area contributed by atoms with Gasteiger partial charge in [0.1, 0.15) is 11.6 Å². The van der Waals surface area contributed by atoms with Gasteiger partial charge in [-0.1, -0.05) is 43.2 Å². The highest BCUT2D eigenvalue weighted by Gasteiger charge is 2.56. The van der Waals surface area contributed by atoms with Crippen LogP contribution >= 0.6 is 0 Å². The van der Waals surface area contributed by atoms with Gasteiger partial charge in [-0.05, 0) is 37.0 Å². The quantitative estimate of drug-likeness (QED) is 0.502. The molecule has 2 aliphatic heterocycles. The minimum Gasteiger partial charge on any atom is -0.387 e. The third-order valence-corrected chi connectivity index (χ3v) is 9.25. The van der Waals surface area contributed by atoms with E-state index < -0.39 is 28.7 Å². The molecule has 1 aromatic heterocycles. The minimum atomic E-state index is -1.19. The third-order valence-electron chi connectivity index (χ3n) is 9.25. The van der Waals surface area contributed by atoms with Crippen molar-refractivity contribution < 1.29 is 18.7 Å². The molecule has 3 fully saturated rings. The number of likely N-dealkylation sites (tertiary alicyclic amines) is 1. The summed E-state index contributed by atoms with van der Waals surface area (Å²) in [5.74, 6) is -1.35. The van der Waals surface area contributed by atoms with Gasteiger partial charge in [0.2, 0.25) is 0 Å². The molecule has 2 saturated heterocycles. The van der Waals surface area contributed by atoms with Crippen LogP contribution in [0, 0.1) is 17.0 Å². The molecule has 3 aliphatic rings. The summed E-state index contributed by atoms with van der Waals surface area (Å²) < 4.78 is 29.6. The van der Waals surface area contributed by atoms with Crippen LogP contribution in [0.1, 0.15) is 43.7 Å². The lowest BCUT2D eigenvalue weighted by Gasteiger charge is -2.53. The van der Waals surface area contributed by atoms with E-state index in [2.05, 4.69) is 10.3 Å². The molecule has 2 amide bonds. The predicted octanol–water partition coefficient (Wildman–Crippen LogP) is 3.95. The van der Waals surface area contributed by atoms with Crippen molar-refractivity contribution in [3.8, 4) is 11.3 Å². The number of aromatic nitrogens is 2. The summed E-state index contributed by atoms with van der Waals surface area (Å²) >= 11 is 0. The van der Waals surface area contributed by atoms with Crippen molar-refractivity contribution in [3.05, 3.63) is 88.5 Å². The number of aliphatic hydroxyl groups is 1. The summed E-state index contributed by atoms with van der Waals surface area (Å²) in [6.45, 7) is 2.17. The molecule has 3 aromatic rings. The van der Waals surface area contributed by atoms with Crippen LogP contribution in [0.15, 0.2) is 65.7 Å². The van der Waals surface area contributed by atoms with Gasteiger partial charge in [0, 0.05) is 55.8 Å². The highest BCUT2D eigenvalue weighted by Crippen LogP contribution is 2.51. The molecule has 2 N–H and O–H groups in total. The van der Waals surface area contributed by atoms with Gasteiger partial charge in [-0.2, -0.15) is 0 Å². The van der Waals surface area contributed by atoms with Gasteiger partial charge in [-0.3, -0.25) is 9.36 Å². The first-order valence-corrected chi connectivity index (χ1v) is 14.3. The molecule has 6 rings (SSSR count). The summed E-state index contributed by atoms with van der Waals surface area (Å²) in [7, 11) is 0. The van der Waals surface area contributed by atoms with Gasteiger partial charge in [-0.25, -0.2) is 18.6 Å². The van der Waals surface area contributed by atoms with Crippen molar-refractivity contribution >= 4 is 6.03 Å². The van der Waals surface area contributed by atoms with Crippen molar-refractivity contribution in [1.29, 1.82) is 0 Å². The summed E-state index contributed by atoms with van der Waals surface area (Å²) in [5.41, 5.74) is -0.134. The van der Waals surface area contributed by atoms with E-state index in [9.17, 15) is 23.5 Å². The first-order chi connectivity index (χ1) is 19.8. The summed E-state index contributed by atoms with van der Waals surface area (Å²) in [6, 6.07) is 13.7. The second-order valence-electron chi connectivity index (χ2n) is 11.7. The van der Waals surface area contributed by atoms with Crippen molar-refractivity contribution in [1.82, 2.24) is 24.7 Å². The lowest BCUT2D eigenvalue weighted by atomic mass is 9.66. The Labute approximate surface area is 237 Å². The molecule has 1 saturated carbocycles. The molecule has 8 nitrogen and oxygen atoms in total. The average Bonchev–Trinajstić information content (AvgIpc) is 3.45. The third kappa shape index (κ3) is 5.26. The lowest BCUT2D eigenvalue weighted by Crippen LogP contribution is -2.64. The van der Waals surface area contributed by atoms with E-state index in [1.165, 1.54) is 29.1 Å². The SMILES string of the molecule is O=C(N1CC[C@@](O)(Cn2cnc(-c3ccccc3)cc2=O)C2(CCCC2)C1)N1CCNCC1c1cc(F)cc(F)c1. The Hall–Kier alpha value is -3.63. The fraction of sp³-hybridized carbons (Fsp3) is 0.452. The number of halogens is 2. The first kappa shape index (κ1) is 27.5. The highest BCUT2D eigenvalue weighted by atomic mass is 19.1. The molecular formula is C31H35F2N5O3. The molecule has 1 aliphatic carbocycles. The van der Waals surface area contributed by atoms with E-state index >= 15 is 0 Å². The van der Waals surface area contributed by atoms with Crippen molar-refractivity contribution in [2.24, 2.45) is 5.41 Å². The number of hydrogen-bond acceptors (Lipinski definition) is 5. The molecule has 0 radical (unpaired) electrons. The summed E-state index contributed by atoms with van der Waals surface area (Å²) in [5, 5.41) is 15.4. The number of nitrogens with zero attached hydrogens (tertiary/aromatic N) is 4. The Bertz CT molecular complexity index is 1460. The zero-order valence-corrected chi connectivity index (χ0v) is 22.9. The van der Waals surface area contributed by atoms with Crippen LogP contribution in [-0.4, -0.2) is 68.8 Å². The average molecular weight is 564 g/mol. The number of carbonyl (C=O) groups excluding carboxylic acids is 1. The van der Waals surface area contributed by atoms with Crippen molar-refractivity contribution in [3.63, 3.8) is 0 Å². The van der Waals surface area contributed by atoms with Gasteiger partial charge in [0.15, 0.2) is 0 Å². The number of nitrogens with one attached hydrogen (secondary N) is 1. The summed E-state index contributed by atoms with van der Waals surface area (Å²) in [6.07, 6.45) is 5.19. The Morgan fingerprint density at radius 2 is 1.76 bits per heavy atom. The molecule has 41 heavy (non-hydrogen) atoms. The monoisotopic (exact) mass is 563 g/mol. The van der Waals surface area contributed by atoms with Gasteiger partial charge in [0.05, 0.1) is 30.2 Å². The van der Waals surface area contributed by atoms with Crippen LogP contribution in [0.4, 0.5) is 13.6 Å².